The lowest BCUT2D eigenvalue weighted by molar-refractivity contribution is 0.0688. The molecule has 106 valence electrons. The molecule has 0 aliphatic heterocycles. The highest BCUT2D eigenvalue weighted by atomic mass is 32.1. The molecule has 1 aliphatic carbocycles. The van der Waals surface area contributed by atoms with Gasteiger partial charge in [0, 0.05) is 16.0 Å². The summed E-state index contributed by atoms with van der Waals surface area (Å²) in [6.07, 6.45) is 3.86. The molecule has 0 saturated heterocycles. The summed E-state index contributed by atoms with van der Waals surface area (Å²) in [4.78, 5) is 11.4. The second-order valence-electron chi connectivity index (χ2n) is 5.34. The molecule has 0 saturated carbocycles. The van der Waals surface area contributed by atoms with E-state index in [1.165, 1.54) is 10.1 Å². The molecule has 2 aromatic heterocycles. The Balaban J connectivity index is 1.92. The summed E-state index contributed by atoms with van der Waals surface area (Å²) in [5, 5.41) is 17.0. The molecule has 4 nitrogen and oxygen atoms in total. The van der Waals surface area contributed by atoms with Crippen molar-refractivity contribution in [3.8, 4) is 5.69 Å². The summed E-state index contributed by atoms with van der Waals surface area (Å²) in [6.45, 7) is 0. The zero-order valence-corrected chi connectivity index (χ0v) is 12.2. The summed E-state index contributed by atoms with van der Waals surface area (Å²) >= 11 is 1.71. The van der Waals surface area contributed by atoms with Crippen LogP contribution in [0.5, 0.6) is 0 Å². The van der Waals surface area contributed by atoms with Crippen molar-refractivity contribution in [3.63, 3.8) is 0 Å². The van der Waals surface area contributed by atoms with Crippen LogP contribution < -0.4 is 0 Å². The number of thiophene rings is 1. The molecule has 4 rings (SSSR count). The lowest BCUT2D eigenvalue weighted by atomic mass is 9.95. The predicted molar refractivity (Wildman–Crippen MR) is 82.5 cm³/mol. The topological polar surface area (TPSA) is 55.1 Å². The quantitative estimate of drug-likeness (QED) is 0.785. The Morgan fingerprint density at radius 3 is 2.95 bits per heavy atom. The maximum Gasteiger partial charge on any atom is 0.356 e. The molecule has 1 N–H and O–H groups in total. The first-order chi connectivity index (χ1) is 10.2. The van der Waals surface area contributed by atoms with E-state index in [-0.39, 0.29) is 5.69 Å². The van der Waals surface area contributed by atoms with Crippen molar-refractivity contribution in [1.82, 2.24) is 9.78 Å². The van der Waals surface area contributed by atoms with E-state index in [9.17, 15) is 9.90 Å². The van der Waals surface area contributed by atoms with Gasteiger partial charge in [-0.25, -0.2) is 9.48 Å². The van der Waals surface area contributed by atoms with Crippen LogP contribution in [0, 0.1) is 0 Å². The average molecular weight is 298 g/mol. The number of rotatable bonds is 2. The van der Waals surface area contributed by atoms with Crippen molar-refractivity contribution < 1.29 is 9.90 Å². The van der Waals surface area contributed by atoms with Gasteiger partial charge < -0.3 is 5.11 Å². The number of hydrogen-bond acceptors (Lipinski definition) is 3. The number of benzene rings is 1. The van der Waals surface area contributed by atoms with Crippen LogP contribution in [0.25, 0.3) is 15.8 Å². The minimum atomic E-state index is -0.927. The number of carboxylic acid groups (broad SMARTS) is 1. The third kappa shape index (κ3) is 1.96. The van der Waals surface area contributed by atoms with E-state index in [1.54, 1.807) is 11.3 Å². The molecular weight excluding hydrogens is 284 g/mol. The van der Waals surface area contributed by atoms with Crippen molar-refractivity contribution in [1.29, 1.82) is 0 Å². The lowest BCUT2D eigenvalue weighted by Gasteiger charge is -2.14. The number of aromatic carboxylic acids is 1. The summed E-state index contributed by atoms with van der Waals surface area (Å²) in [5.74, 6) is -0.927. The highest BCUT2D eigenvalue weighted by Gasteiger charge is 2.25. The lowest BCUT2D eigenvalue weighted by Crippen LogP contribution is -2.08. The third-order valence-corrected chi connectivity index (χ3v) is 4.96. The van der Waals surface area contributed by atoms with E-state index in [4.69, 9.17) is 0 Å². The Hall–Kier alpha value is -2.14. The number of fused-ring (bicyclic) bond motifs is 2. The van der Waals surface area contributed by atoms with E-state index in [2.05, 4.69) is 28.7 Å². The molecule has 3 aromatic rings. The molecule has 2 heterocycles. The molecule has 0 fully saturated rings. The minimum absolute atomic E-state index is 0.218. The molecule has 0 radical (unpaired) electrons. The van der Waals surface area contributed by atoms with Crippen molar-refractivity contribution in [2.75, 3.05) is 0 Å². The molecule has 1 aliphatic rings. The van der Waals surface area contributed by atoms with Crippen LogP contribution in [-0.2, 0) is 12.8 Å². The fourth-order valence-electron chi connectivity index (χ4n) is 3.07. The van der Waals surface area contributed by atoms with Gasteiger partial charge in [-0.05, 0) is 60.7 Å². The average Bonchev–Trinajstić information content (AvgIpc) is 3.10. The van der Waals surface area contributed by atoms with Crippen LogP contribution >= 0.6 is 11.3 Å². The van der Waals surface area contributed by atoms with Gasteiger partial charge in [0.15, 0.2) is 5.69 Å². The van der Waals surface area contributed by atoms with E-state index < -0.39 is 5.97 Å². The molecule has 0 unspecified atom stereocenters. The number of aromatic nitrogens is 2. The predicted octanol–water partition coefficient (Wildman–Crippen LogP) is 3.66. The summed E-state index contributed by atoms with van der Waals surface area (Å²) in [7, 11) is 0. The maximum absolute atomic E-state index is 11.4. The van der Waals surface area contributed by atoms with Gasteiger partial charge in [-0.1, -0.05) is 0 Å². The Kier molecular flexibility index (Phi) is 2.82. The number of nitrogens with zero attached hydrogens (tertiary/aromatic N) is 2. The van der Waals surface area contributed by atoms with Crippen LogP contribution in [0.15, 0.2) is 29.6 Å². The van der Waals surface area contributed by atoms with Crippen LogP contribution in [0.2, 0.25) is 0 Å². The third-order valence-electron chi connectivity index (χ3n) is 4.06. The smallest absolute Gasteiger partial charge is 0.356 e. The van der Waals surface area contributed by atoms with Gasteiger partial charge in [-0.3, -0.25) is 0 Å². The number of carbonyl (C=O) groups is 1. The Morgan fingerprint density at radius 2 is 2.10 bits per heavy atom. The number of hydrogen-bond donors (Lipinski definition) is 1. The van der Waals surface area contributed by atoms with Gasteiger partial charge in [0.2, 0.25) is 0 Å². The summed E-state index contributed by atoms with van der Waals surface area (Å²) in [6, 6.07) is 8.26. The molecule has 0 amide bonds. The molecule has 0 atom stereocenters. The van der Waals surface area contributed by atoms with Crippen molar-refractivity contribution in [3.05, 3.63) is 46.6 Å². The van der Waals surface area contributed by atoms with Gasteiger partial charge in [0.25, 0.3) is 0 Å². The van der Waals surface area contributed by atoms with Gasteiger partial charge in [-0.15, -0.1) is 11.3 Å². The van der Waals surface area contributed by atoms with E-state index in [0.717, 1.165) is 42.6 Å². The largest absolute Gasteiger partial charge is 0.476 e. The molecular formula is C16H14N2O2S. The standard InChI is InChI=1S/C16H14N2O2S/c19-16(20)15-12-3-1-2-4-13(12)18(17-15)11-5-6-14-10(9-11)7-8-21-14/h5-9H,1-4H2,(H,19,20). The van der Waals surface area contributed by atoms with E-state index in [0.29, 0.717) is 0 Å². The SMILES string of the molecule is O=C(O)c1nn(-c2ccc3sccc3c2)c2c1CCCC2. The van der Waals surface area contributed by atoms with Gasteiger partial charge in [0.05, 0.1) is 5.69 Å². The van der Waals surface area contributed by atoms with E-state index in [1.807, 2.05) is 10.7 Å². The minimum Gasteiger partial charge on any atom is -0.476 e. The monoisotopic (exact) mass is 298 g/mol. The Morgan fingerprint density at radius 1 is 1.24 bits per heavy atom. The summed E-state index contributed by atoms with van der Waals surface area (Å²) in [5.41, 5.74) is 3.15. The number of carboxylic acids is 1. The Labute approximate surface area is 125 Å². The summed E-state index contributed by atoms with van der Waals surface area (Å²) < 4.78 is 3.06. The van der Waals surface area contributed by atoms with Crippen LogP contribution in [-0.4, -0.2) is 20.9 Å². The maximum atomic E-state index is 11.4. The van der Waals surface area contributed by atoms with Gasteiger partial charge >= 0.3 is 5.97 Å². The van der Waals surface area contributed by atoms with Crippen LogP contribution in [0.3, 0.4) is 0 Å². The first kappa shape index (κ1) is 12.6. The highest BCUT2D eigenvalue weighted by molar-refractivity contribution is 7.17. The van der Waals surface area contributed by atoms with Crippen molar-refractivity contribution in [2.24, 2.45) is 0 Å². The van der Waals surface area contributed by atoms with Crippen LogP contribution in [0.1, 0.15) is 34.6 Å². The molecule has 0 spiro atoms. The first-order valence-electron chi connectivity index (χ1n) is 7.06. The molecule has 21 heavy (non-hydrogen) atoms. The molecule has 1 aromatic carbocycles. The van der Waals surface area contributed by atoms with E-state index >= 15 is 0 Å². The Bertz CT molecular complexity index is 847. The fraction of sp³-hybridized carbons (Fsp3) is 0.250. The molecule has 5 heteroatoms. The second-order valence-corrected chi connectivity index (χ2v) is 6.29. The van der Waals surface area contributed by atoms with Crippen molar-refractivity contribution in [2.45, 2.75) is 25.7 Å². The first-order valence-corrected chi connectivity index (χ1v) is 7.94. The zero-order chi connectivity index (χ0) is 14.4. The van der Waals surface area contributed by atoms with Gasteiger partial charge in [0.1, 0.15) is 0 Å². The molecule has 0 bridgehead atoms. The van der Waals surface area contributed by atoms with Crippen LogP contribution in [0.4, 0.5) is 0 Å². The van der Waals surface area contributed by atoms with Gasteiger partial charge in [-0.2, -0.15) is 5.10 Å². The normalized spacial score (nSPS) is 14.3. The fourth-order valence-corrected chi connectivity index (χ4v) is 3.84. The van der Waals surface area contributed by atoms with Crippen molar-refractivity contribution >= 4 is 27.4 Å². The second kappa shape index (κ2) is 4.70. The zero-order valence-electron chi connectivity index (χ0n) is 11.4. The highest BCUT2D eigenvalue weighted by Crippen LogP contribution is 2.29.